The van der Waals surface area contributed by atoms with Gasteiger partial charge in [0.1, 0.15) is 0 Å². The van der Waals surface area contributed by atoms with Gasteiger partial charge in [-0.05, 0) is 12.1 Å². The van der Waals surface area contributed by atoms with Crippen LogP contribution in [0.15, 0.2) is 21.3 Å². The summed E-state index contributed by atoms with van der Waals surface area (Å²) in [5.41, 5.74) is 1.25. The molecular weight excluding hydrogens is 204 g/mol. The van der Waals surface area contributed by atoms with Gasteiger partial charge in [-0.1, -0.05) is 11.6 Å². The number of nitrogens with zero attached hydrogens (tertiary/aromatic N) is 2. The molecule has 0 bridgehead atoms. The Balaban J connectivity index is 2.99. The van der Waals surface area contributed by atoms with Crippen LogP contribution in [0.5, 0.6) is 0 Å². The SMILES string of the molecule is Cn1c(=O)oc2c(Cl)cc(C#N)cc21. The number of aromatic nitrogens is 1. The van der Waals surface area contributed by atoms with E-state index < -0.39 is 5.76 Å². The van der Waals surface area contributed by atoms with Gasteiger partial charge in [0.05, 0.1) is 22.2 Å². The number of fused-ring (bicyclic) bond motifs is 1. The Labute approximate surface area is 83.9 Å². The summed E-state index contributed by atoms with van der Waals surface area (Å²) >= 11 is 5.83. The summed E-state index contributed by atoms with van der Waals surface area (Å²) in [6.45, 7) is 0. The van der Waals surface area contributed by atoms with Crippen LogP contribution < -0.4 is 5.76 Å². The molecule has 0 saturated carbocycles. The second-order valence-corrected chi connectivity index (χ2v) is 3.25. The fourth-order valence-electron chi connectivity index (χ4n) is 1.25. The molecule has 0 N–H and O–H groups in total. The predicted octanol–water partition coefficient (Wildman–Crippen LogP) is 1.66. The number of halogens is 1. The van der Waals surface area contributed by atoms with E-state index in [9.17, 15) is 4.79 Å². The first kappa shape index (κ1) is 8.85. The Kier molecular flexibility index (Phi) is 1.83. The predicted molar refractivity (Wildman–Crippen MR) is 51.2 cm³/mol. The molecule has 70 valence electrons. The average molecular weight is 209 g/mol. The average Bonchev–Trinajstić information content (AvgIpc) is 2.45. The number of aryl methyl sites for hydroxylation is 1. The maximum absolute atomic E-state index is 11.1. The second-order valence-electron chi connectivity index (χ2n) is 2.85. The van der Waals surface area contributed by atoms with E-state index in [0.29, 0.717) is 16.7 Å². The molecule has 0 atom stereocenters. The molecule has 0 saturated heterocycles. The van der Waals surface area contributed by atoms with E-state index in [1.807, 2.05) is 6.07 Å². The number of rotatable bonds is 0. The van der Waals surface area contributed by atoms with E-state index in [0.717, 1.165) is 0 Å². The van der Waals surface area contributed by atoms with Crippen molar-refractivity contribution >= 4 is 22.7 Å². The van der Waals surface area contributed by atoms with Crippen LogP contribution >= 0.6 is 11.6 Å². The van der Waals surface area contributed by atoms with Crippen LogP contribution in [-0.4, -0.2) is 4.57 Å². The zero-order valence-electron chi connectivity index (χ0n) is 7.24. The van der Waals surface area contributed by atoms with Gasteiger partial charge in [-0.3, -0.25) is 4.57 Å². The molecule has 0 aliphatic heterocycles. The largest absolute Gasteiger partial charge is 0.419 e. The van der Waals surface area contributed by atoms with E-state index in [2.05, 4.69) is 0 Å². The fraction of sp³-hybridized carbons (Fsp3) is 0.111. The highest BCUT2D eigenvalue weighted by Gasteiger charge is 2.10. The third-order valence-electron chi connectivity index (χ3n) is 1.98. The summed E-state index contributed by atoms with van der Waals surface area (Å²) in [5, 5.41) is 8.97. The van der Waals surface area contributed by atoms with Crippen LogP contribution in [0, 0.1) is 11.3 Å². The van der Waals surface area contributed by atoms with Crippen molar-refractivity contribution in [1.82, 2.24) is 4.57 Å². The third-order valence-corrected chi connectivity index (χ3v) is 2.26. The molecule has 0 radical (unpaired) electrons. The lowest BCUT2D eigenvalue weighted by atomic mass is 10.2. The molecule has 0 unspecified atom stereocenters. The van der Waals surface area contributed by atoms with Crippen molar-refractivity contribution in [2.75, 3.05) is 0 Å². The Bertz CT molecular complexity index is 604. The molecule has 2 aromatic rings. The number of hydrogen-bond acceptors (Lipinski definition) is 3. The Morgan fingerprint density at radius 2 is 2.29 bits per heavy atom. The second kappa shape index (κ2) is 2.89. The minimum Gasteiger partial charge on any atom is -0.406 e. The molecule has 1 heterocycles. The first-order valence-corrected chi connectivity index (χ1v) is 4.20. The minimum atomic E-state index is -0.489. The van der Waals surface area contributed by atoms with E-state index in [4.69, 9.17) is 21.3 Å². The quantitative estimate of drug-likeness (QED) is 0.662. The molecule has 4 nitrogen and oxygen atoms in total. The standard InChI is InChI=1S/C9H5ClN2O2/c1-12-7-3-5(4-11)2-6(10)8(7)14-9(12)13/h2-3H,1H3. The maximum Gasteiger partial charge on any atom is 0.419 e. The summed E-state index contributed by atoms with van der Waals surface area (Å²) in [6.07, 6.45) is 0. The van der Waals surface area contributed by atoms with Crippen molar-refractivity contribution < 1.29 is 4.42 Å². The van der Waals surface area contributed by atoms with Gasteiger partial charge < -0.3 is 4.42 Å². The molecule has 0 spiro atoms. The smallest absolute Gasteiger partial charge is 0.406 e. The van der Waals surface area contributed by atoms with Gasteiger partial charge in [0.25, 0.3) is 0 Å². The van der Waals surface area contributed by atoms with Crippen molar-refractivity contribution in [1.29, 1.82) is 5.26 Å². The van der Waals surface area contributed by atoms with E-state index >= 15 is 0 Å². The summed E-state index contributed by atoms with van der Waals surface area (Å²) in [4.78, 5) is 11.1. The van der Waals surface area contributed by atoms with Gasteiger partial charge in [-0.2, -0.15) is 5.26 Å². The van der Waals surface area contributed by atoms with Crippen LogP contribution in [0.25, 0.3) is 11.1 Å². The van der Waals surface area contributed by atoms with Crippen molar-refractivity contribution in [3.05, 3.63) is 33.3 Å². The zero-order valence-corrected chi connectivity index (χ0v) is 8.00. The van der Waals surface area contributed by atoms with Gasteiger partial charge in [0.15, 0.2) is 5.58 Å². The first-order chi connectivity index (χ1) is 6.63. The highest BCUT2D eigenvalue weighted by Crippen LogP contribution is 2.23. The fourth-order valence-corrected chi connectivity index (χ4v) is 1.50. The van der Waals surface area contributed by atoms with Crippen LogP contribution in [0.1, 0.15) is 5.56 Å². The lowest BCUT2D eigenvalue weighted by Gasteiger charge is -1.94. The van der Waals surface area contributed by atoms with Gasteiger partial charge in [0, 0.05) is 7.05 Å². The highest BCUT2D eigenvalue weighted by atomic mass is 35.5. The normalized spacial score (nSPS) is 10.4. The topological polar surface area (TPSA) is 58.9 Å². The van der Waals surface area contributed by atoms with Gasteiger partial charge >= 0.3 is 5.76 Å². The zero-order chi connectivity index (χ0) is 10.3. The van der Waals surface area contributed by atoms with Gasteiger partial charge in [-0.25, -0.2) is 4.79 Å². The lowest BCUT2D eigenvalue weighted by molar-refractivity contribution is 0.528. The van der Waals surface area contributed by atoms with E-state index in [1.165, 1.54) is 10.6 Å². The molecule has 1 aromatic carbocycles. The van der Waals surface area contributed by atoms with Crippen molar-refractivity contribution in [2.24, 2.45) is 7.05 Å². The van der Waals surface area contributed by atoms with Crippen LogP contribution in [0.2, 0.25) is 5.02 Å². The van der Waals surface area contributed by atoms with Crippen LogP contribution in [0.4, 0.5) is 0 Å². The summed E-state index contributed by atoms with van der Waals surface area (Å²) in [5.74, 6) is -0.489. The molecule has 0 amide bonds. The van der Waals surface area contributed by atoms with E-state index in [1.54, 1.807) is 13.1 Å². The summed E-state index contributed by atoms with van der Waals surface area (Å²) in [7, 11) is 1.56. The van der Waals surface area contributed by atoms with Crippen LogP contribution in [0.3, 0.4) is 0 Å². The van der Waals surface area contributed by atoms with Crippen LogP contribution in [-0.2, 0) is 7.05 Å². The first-order valence-electron chi connectivity index (χ1n) is 3.82. The monoisotopic (exact) mass is 208 g/mol. The number of nitriles is 1. The summed E-state index contributed by atoms with van der Waals surface area (Å²) in [6, 6.07) is 4.98. The molecule has 0 aliphatic carbocycles. The third kappa shape index (κ3) is 1.10. The Morgan fingerprint density at radius 3 is 2.93 bits per heavy atom. The number of benzene rings is 1. The van der Waals surface area contributed by atoms with Crippen molar-refractivity contribution in [3.8, 4) is 6.07 Å². The molecule has 2 rings (SSSR count). The molecule has 0 fully saturated rings. The van der Waals surface area contributed by atoms with E-state index in [-0.39, 0.29) is 5.02 Å². The minimum absolute atomic E-state index is 0.275. The highest BCUT2D eigenvalue weighted by molar-refractivity contribution is 6.34. The number of oxazole rings is 1. The molecule has 0 aliphatic rings. The van der Waals surface area contributed by atoms with Gasteiger partial charge in [0.2, 0.25) is 0 Å². The van der Waals surface area contributed by atoms with Gasteiger partial charge in [-0.15, -0.1) is 0 Å². The maximum atomic E-state index is 11.1. The number of hydrogen-bond donors (Lipinski definition) is 0. The molecule has 1 aromatic heterocycles. The molecule has 14 heavy (non-hydrogen) atoms. The lowest BCUT2D eigenvalue weighted by Crippen LogP contribution is -2.08. The summed E-state index contributed by atoms with van der Waals surface area (Å²) < 4.78 is 6.20. The Morgan fingerprint density at radius 1 is 1.57 bits per heavy atom. The molecular formula is C9H5ClN2O2. The van der Waals surface area contributed by atoms with Crippen molar-refractivity contribution in [2.45, 2.75) is 0 Å². The van der Waals surface area contributed by atoms with Crippen molar-refractivity contribution in [3.63, 3.8) is 0 Å². The Hall–Kier alpha value is -1.73. The molecule has 5 heteroatoms.